The number of halogens is 4. The van der Waals surface area contributed by atoms with Crippen LogP contribution in [0.3, 0.4) is 0 Å². The van der Waals surface area contributed by atoms with E-state index in [-0.39, 0.29) is 44.7 Å². The topological polar surface area (TPSA) is 0 Å². The zero-order valence-corrected chi connectivity index (χ0v) is 3.75. The van der Waals surface area contributed by atoms with E-state index in [0.717, 1.165) is 0 Å². The second kappa shape index (κ2) is 231. The normalized spacial score (nSPS) is 0. The van der Waals surface area contributed by atoms with Gasteiger partial charge in [-0.2, -0.15) is 0 Å². The van der Waals surface area contributed by atoms with Crippen LogP contribution in [0.15, 0.2) is 0 Å². The fourth-order valence-electron chi connectivity index (χ4n) is 0. The number of hydrogen-bond donors (Lipinski definition) is 0. The van der Waals surface area contributed by atoms with Gasteiger partial charge in [-0.15, -0.1) is 0 Å². The van der Waals surface area contributed by atoms with Gasteiger partial charge in [0.15, 0.2) is 0 Å². The molecular formula is H6F4Mg. The van der Waals surface area contributed by atoms with Gasteiger partial charge in [-0.25, -0.2) is 0 Å². The van der Waals surface area contributed by atoms with E-state index in [1.807, 2.05) is 0 Å². The maximum atomic E-state index is 0. The Balaban J connectivity index is 0. The molecule has 5 heavy (non-hydrogen) atoms. The zero-order chi connectivity index (χ0) is 0. The van der Waals surface area contributed by atoms with Gasteiger partial charge >= 0.3 is 23.1 Å². The van der Waals surface area contributed by atoms with Crippen molar-refractivity contribution in [2.24, 2.45) is 0 Å². The Hall–Kier alpha value is 0.486. The molecule has 0 spiro atoms. The second-order valence-electron chi connectivity index (χ2n) is 0. The SMILES string of the molecule is F.F.F.F.[H-].[H-].[Mg+2]. The minimum absolute atomic E-state index is 0. The smallest absolute Gasteiger partial charge is 1.00 e. The van der Waals surface area contributed by atoms with Crippen LogP contribution < -0.4 is 0 Å². The number of rotatable bonds is 0. The van der Waals surface area contributed by atoms with Gasteiger partial charge in [-0.1, -0.05) is 0 Å². The van der Waals surface area contributed by atoms with Gasteiger partial charge in [0.1, 0.15) is 0 Å². The molecule has 0 saturated heterocycles. The molecule has 0 amide bonds. The van der Waals surface area contributed by atoms with Crippen LogP contribution in [0.4, 0.5) is 18.8 Å². The molecule has 0 radical (unpaired) electrons. The van der Waals surface area contributed by atoms with Crippen molar-refractivity contribution >= 4 is 23.1 Å². The van der Waals surface area contributed by atoms with E-state index in [4.69, 9.17) is 0 Å². The summed E-state index contributed by atoms with van der Waals surface area (Å²) in [4.78, 5) is 0. The summed E-state index contributed by atoms with van der Waals surface area (Å²) < 4.78 is 0. The molecule has 0 rings (SSSR count). The minimum Gasteiger partial charge on any atom is -1.00 e. The Morgan fingerprint density at radius 1 is 0.600 bits per heavy atom. The predicted molar refractivity (Wildman–Crippen MR) is 18.0 cm³/mol. The molecule has 36 valence electrons. The van der Waals surface area contributed by atoms with Gasteiger partial charge in [-0.05, 0) is 0 Å². The van der Waals surface area contributed by atoms with Gasteiger partial charge in [0.2, 0.25) is 0 Å². The van der Waals surface area contributed by atoms with Crippen molar-refractivity contribution in [3.8, 4) is 0 Å². The molecule has 0 saturated carbocycles. The average molecular weight is 106 g/mol. The fourth-order valence-corrected chi connectivity index (χ4v) is 0. The van der Waals surface area contributed by atoms with Crippen LogP contribution >= 0.6 is 0 Å². The van der Waals surface area contributed by atoms with Gasteiger partial charge in [0.25, 0.3) is 0 Å². The van der Waals surface area contributed by atoms with E-state index >= 15 is 0 Å². The van der Waals surface area contributed by atoms with Crippen molar-refractivity contribution in [2.45, 2.75) is 0 Å². The monoisotopic (exact) mass is 106 g/mol. The molecule has 0 unspecified atom stereocenters. The van der Waals surface area contributed by atoms with E-state index in [1.165, 1.54) is 0 Å². The summed E-state index contributed by atoms with van der Waals surface area (Å²) in [6.07, 6.45) is 0. The molecule has 0 aromatic rings. The molecule has 0 nitrogen and oxygen atoms in total. The molecule has 0 aromatic carbocycles. The minimum atomic E-state index is 0. The maximum Gasteiger partial charge on any atom is 2.00 e. The van der Waals surface area contributed by atoms with Crippen molar-refractivity contribution in [1.29, 1.82) is 0 Å². The van der Waals surface area contributed by atoms with E-state index in [0.29, 0.717) is 0 Å². The summed E-state index contributed by atoms with van der Waals surface area (Å²) >= 11 is 0. The second-order valence-corrected chi connectivity index (χ2v) is 0. The summed E-state index contributed by atoms with van der Waals surface area (Å²) in [6.45, 7) is 0. The summed E-state index contributed by atoms with van der Waals surface area (Å²) in [7, 11) is 0. The quantitative estimate of drug-likeness (QED) is 0.311. The molecule has 5 heteroatoms. The molecular weight excluding hydrogens is 100 g/mol. The number of hydrogen-bond acceptors (Lipinski definition) is 0. The Morgan fingerprint density at radius 3 is 0.600 bits per heavy atom. The maximum absolute atomic E-state index is 0. The van der Waals surface area contributed by atoms with Crippen molar-refractivity contribution < 1.29 is 21.7 Å². The molecule has 0 atom stereocenters. The van der Waals surface area contributed by atoms with Crippen molar-refractivity contribution in [2.75, 3.05) is 0 Å². The molecule has 0 aliphatic rings. The molecule has 0 N–H and O–H groups in total. The van der Waals surface area contributed by atoms with Gasteiger partial charge in [-0.3, -0.25) is 18.8 Å². The zero-order valence-electron chi connectivity index (χ0n) is 4.34. The Kier molecular flexibility index (Phi) is 21500. The van der Waals surface area contributed by atoms with E-state index < -0.39 is 0 Å². The fraction of sp³-hybridized carbons (Fsp3) is 0. The van der Waals surface area contributed by atoms with Gasteiger partial charge in [0.05, 0.1) is 0 Å². The summed E-state index contributed by atoms with van der Waals surface area (Å²) in [5.74, 6) is 0. The van der Waals surface area contributed by atoms with Crippen LogP contribution in [0.5, 0.6) is 0 Å². The summed E-state index contributed by atoms with van der Waals surface area (Å²) in [6, 6.07) is 0. The Morgan fingerprint density at radius 2 is 0.600 bits per heavy atom. The molecule has 0 fully saturated rings. The summed E-state index contributed by atoms with van der Waals surface area (Å²) in [5.41, 5.74) is 0. The first kappa shape index (κ1) is 467. The third-order valence-electron chi connectivity index (χ3n) is 0. The van der Waals surface area contributed by atoms with Crippen LogP contribution in [-0.4, -0.2) is 23.1 Å². The summed E-state index contributed by atoms with van der Waals surface area (Å²) in [5, 5.41) is 0. The third-order valence-corrected chi connectivity index (χ3v) is 0. The first-order valence-corrected chi connectivity index (χ1v) is 0. The Bertz CT molecular complexity index is 9.65. The van der Waals surface area contributed by atoms with Crippen molar-refractivity contribution in [3.05, 3.63) is 0 Å². The molecule has 0 heterocycles. The Labute approximate surface area is 45.5 Å². The van der Waals surface area contributed by atoms with Crippen LogP contribution in [0, 0.1) is 0 Å². The predicted octanol–water partition coefficient (Wildman–Crippen LogP) is 0.454. The standard InChI is InChI=1S/4FH.Mg.2H/h4*1H;;;/q;;;;+2;2*-1. The average Bonchev–Trinajstić information content (AvgIpc) is 0. The third kappa shape index (κ3) is 117. The van der Waals surface area contributed by atoms with Crippen molar-refractivity contribution in [3.63, 3.8) is 0 Å². The first-order valence-electron chi connectivity index (χ1n) is 0. The van der Waals surface area contributed by atoms with Crippen LogP contribution in [0.25, 0.3) is 0 Å². The van der Waals surface area contributed by atoms with Crippen molar-refractivity contribution in [1.82, 2.24) is 0 Å². The molecule has 0 aliphatic heterocycles. The van der Waals surface area contributed by atoms with Crippen LogP contribution in [0.1, 0.15) is 2.85 Å². The molecule has 0 aromatic heterocycles. The van der Waals surface area contributed by atoms with E-state index in [9.17, 15) is 0 Å². The van der Waals surface area contributed by atoms with E-state index in [2.05, 4.69) is 0 Å². The van der Waals surface area contributed by atoms with Crippen LogP contribution in [-0.2, 0) is 0 Å². The largest absolute Gasteiger partial charge is 2.00 e. The first-order chi connectivity index (χ1) is 0. The molecule has 0 aliphatic carbocycles. The van der Waals surface area contributed by atoms with E-state index in [1.54, 1.807) is 0 Å². The molecule has 0 bridgehead atoms. The van der Waals surface area contributed by atoms with Crippen LogP contribution in [0.2, 0.25) is 0 Å². The van der Waals surface area contributed by atoms with Gasteiger partial charge in [0, 0.05) is 0 Å². The van der Waals surface area contributed by atoms with Gasteiger partial charge < -0.3 is 2.85 Å².